The van der Waals surface area contributed by atoms with Crippen LogP contribution in [-0.2, 0) is 82.0 Å². The highest BCUT2D eigenvalue weighted by Crippen LogP contribution is 2.32. The number of carbonyl (C=O) groups excluding carboxylic acids is 11. The van der Waals surface area contributed by atoms with Crippen molar-refractivity contribution in [1.82, 2.24) is 53.4 Å². The Morgan fingerprint density at radius 3 is 1.48 bits per heavy atom. The zero-order chi connectivity index (χ0) is 81.4. The molecule has 0 saturated heterocycles. The van der Waals surface area contributed by atoms with Gasteiger partial charge in [-0.25, -0.2) is 10.9 Å². The van der Waals surface area contributed by atoms with E-state index in [2.05, 4.69) is 63.6 Å². The van der Waals surface area contributed by atoms with Crippen molar-refractivity contribution in [2.24, 2.45) is 21.7 Å². The minimum atomic E-state index is -5.04. The summed E-state index contributed by atoms with van der Waals surface area (Å²) >= 11 is 0. The number of fused-ring (bicyclic) bond motifs is 1. The van der Waals surface area contributed by atoms with E-state index in [9.17, 15) is 120 Å². The number of hydrogen-bond donors (Lipinski definition) is 19. The first-order valence-corrected chi connectivity index (χ1v) is 35.1. The van der Waals surface area contributed by atoms with Crippen LogP contribution < -0.4 is 74.7 Å². The first-order chi connectivity index (χ1) is 51.4. The average molecular weight is 1550 g/mol. The van der Waals surface area contributed by atoms with Crippen molar-refractivity contribution in [3.63, 3.8) is 0 Å². The number of anilines is 2. The highest BCUT2D eigenvalue weighted by Gasteiger charge is 2.37. The monoisotopic (exact) mass is 1550 g/mol. The molecule has 4 rings (SSSR count). The quantitative estimate of drug-likeness (QED) is 0.00751. The van der Waals surface area contributed by atoms with E-state index in [-0.39, 0.29) is 42.4 Å². The van der Waals surface area contributed by atoms with Gasteiger partial charge >= 0.3 is 29.8 Å². The fourth-order valence-corrected chi connectivity index (χ4v) is 11.2. The molecule has 0 aliphatic carbocycles. The summed E-state index contributed by atoms with van der Waals surface area (Å²) in [5, 5.41) is 84.8. The van der Waals surface area contributed by atoms with E-state index in [1.807, 2.05) is 0 Å². The van der Waals surface area contributed by atoms with Crippen LogP contribution in [0.4, 0.5) is 22.7 Å². The fourth-order valence-electron chi connectivity index (χ4n) is 10.5. The van der Waals surface area contributed by atoms with Crippen molar-refractivity contribution < 1.29 is 120 Å². The molecule has 9 atom stereocenters. The third kappa shape index (κ3) is 29.7. The molecule has 592 valence electrons. The second kappa shape index (κ2) is 43.6. The number of primary amides is 1. The van der Waals surface area contributed by atoms with Crippen LogP contribution in [0.3, 0.4) is 0 Å². The summed E-state index contributed by atoms with van der Waals surface area (Å²) in [6.45, 7) is 1.55. The molecule has 21 N–H and O–H groups in total. The van der Waals surface area contributed by atoms with Crippen LogP contribution in [-0.4, -0.2) is 226 Å². The number of rotatable bonds is 48. The Kier molecular flexibility index (Phi) is 35.8. The molecular weight excluding hydrogens is 1460 g/mol. The molecule has 0 unspecified atom stereocenters. The Morgan fingerprint density at radius 2 is 0.972 bits per heavy atom. The van der Waals surface area contributed by atoms with Gasteiger partial charge in [0.2, 0.25) is 53.2 Å². The molecule has 109 heavy (non-hydrogen) atoms. The van der Waals surface area contributed by atoms with Crippen LogP contribution in [0.2, 0.25) is 0 Å². The number of aliphatic hydroxyl groups excluding tert-OH is 1. The molecule has 4 aromatic carbocycles. The van der Waals surface area contributed by atoms with Gasteiger partial charge in [-0.05, 0) is 119 Å². The normalized spacial score (nSPS) is 13.7. The van der Waals surface area contributed by atoms with E-state index < -0.39 is 229 Å². The largest absolute Gasteiger partial charge is 0.481 e. The average Bonchev–Trinajstić information content (AvgIpc) is 0.769. The standard InChI is InChI=1S/C67H88N16O25S/c1-5-43(61(99)71-35(2)60(98)78-50(33-84)66(104)74-44(12-6-7-29-68)52(86)32-82(4)40-21-19-39(20-22-40)80-79-38-17-15-37(16-18-38)59(69)97)73-62(100)45(23-26-54(87)88)75-64(102)47(25-28-56(91)92)81-70-34-83(51-13-8-11-42-41(51)10-9-14-53(42)109(106,107)108)67(105)49(31-58(95)96)77-63(101)46(24-27-55(89)90)76-65(103)48(30-57(93)94)72-36(3)85/h8-11,13-22,35,43-50,70,81,84H,5-7,12,23-34,68H2,1-4H3,(H2,69,97)(H,71,99)(H,72,85)(H,73,100)(H,74,104)(H,75,102)(H,76,103)(H,77,101)(H,78,98)(H,87,88)(H,89,90)(H,91,92)(H,93,94)(H,95,96)(H,106,107,108)/t35-,43-,44-,45-,46-,47-,48-,49-,50-/m0/s1. The zero-order valence-corrected chi connectivity index (χ0v) is 60.2. The van der Waals surface area contributed by atoms with E-state index >= 15 is 0 Å². The lowest BCUT2D eigenvalue weighted by molar-refractivity contribution is -0.141. The SMILES string of the molecule is CC[C@H](NC(=O)[C@H](CCC(=O)O)NC(=O)[C@H](CCC(=O)O)NNCN(C(=O)[C@H](CC(=O)O)NC(=O)[C@H](CCC(=O)O)NC(=O)[C@H](CC(=O)O)NC(C)=O)c1cccc2c(S(=O)(=O)O)cccc12)C(=O)N[C@@H](C)C(=O)N[C@@H](CO)C(=O)N[C@@H](CCCCN)C(=O)CN(C)c1ccc(N=Nc2ccc(C(N)=O)cc2)cc1. The van der Waals surface area contributed by atoms with Crippen LogP contribution >= 0.6 is 0 Å². The summed E-state index contributed by atoms with van der Waals surface area (Å²) in [7, 11) is -3.42. The Morgan fingerprint density at radius 1 is 0.514 bits per heavy atom. The lowest BCUT2D eigenvalue weighted by Gasteiger charge is -2.31. The molecular formula is C67H88N16O25S. The second-order valence-corrected chi connectivity index (χ2v) is 26.0. The highest BCUT2D eigenvalue weighted by atomic mass is 32.2. The Bertz CT molecular complexity index is 4110. The molecule has 0 fully saturated rings. The van der Waals surface area contributed by atoms with Gasteiger partial charge in [-0.1, -0.05) is 31.2 Å². The van der Waals surface area contributed by atoms with Crippen molar-refractivity contribution >= 4 is 138 Å². The van der Waals surface area contributed by atoms with Gasteiger partial charge in [0.15, 0.2) is 5.78 Å². The third-order valence-corrected chi connectivity index (χ3v) is 17.1. The summed E-state index contributed by atoms with van der Waals surface area (Å²) in [4.78, 5) is 210. The molecule has 10 amide bonds. The summed E-state index contributed by atoms with van der Waals surface area (Å²) in [6, 6.07) is 3.91. The Balaban J connectivity index is 1.55. The molecule has 0 aromatic heterocycles. The van der Waals surface area contributed by atoms with Crippen molar-refractivity contribution in [3.8, 4) is 0 Å². The number of nitrogens with zero attached hydrogens (tertiary/aromatic N) is 4. The van der Waals surface area contributed by atoms with Gasteiger partial charge in [-0.2, -0.15) is 18.6 Å². The third-order valence-electron chi connectivity index (χ3n) is 16.2. The van der Waals surface area contributed by atoms with Gasteiger partial charge in [-0.15, -0.1) is 0 Å². The number of carboxylic acids is 5. The predicted octanol–water partition coefficient (Wildman–Crippen LogP) is -1.95. The molecule has 0 radical (unpaired) electrons. The van der Waals surface area contributed by atoms with Crippen LogP contribution in [0, 0.1) is 0 Å². The number of aliphatic hydroxyl groups is 1. The number of amides is 10. The number of ketones is 1. The number of hydrazine groups is 1. The lowest BCUT2D eigenvalue weighted by Crippen LogP contribution is -2.60. The summed E-state index contributed by atoms with van der Waals surface area (Å²) in [5.41, 5.74) is 17.4. The lowest BCUT2D eigenvalue weighted by atomic mass is 10.0. The number of Topliss-reactive ketones (excluding diaryl/α,β-unsaturated/α-hetero) is 1. The van der Waals surface area contributed by atoms with Gasteiger partial charge in [0.25, 0.3) is 16.0 Å². The molecule has 0 spiro atoms. The number of aliphatic carboxylic acids is 5. The van der Waals surface area contributed by atoms with Gasteiger partial charge in [0.05, 0.1) is 55.8 Å². The number of nitrogens with one attached hydrogen (secondary N) is 10. The van der Waals surface area contributed by atoms with E-state index in [0.29, 0.717) is 40.4 Å². The zero-order valence-electron chi connectivity index (χ0n) is 59.4. The number of azo groups is 1. The number of carbonyl (C=O) groups is 16. The molecule has 0 heterocycles. The maximum atomic E-state index is 15.0. The first kappa shape index (κ1) is 89.4. The highest BCUT2D eigenvalue weighted by molar-refractivity contribution is 7.86. The van der Waals surface area contributed by atoms with Gasteiger partial charge < -0.3 is 89.5 Å². The number of carboxylic acid groups (broad SMARTS) is 5. The molecule has 0 aliphatic rings. The topological polar surface area (TPSA) is 652 Å². The van der Waals surface area contributed by atoms with E-state index in [1.165, 1.54) is 50.2 Å². The summed E-state index contributed by atoms with van der Waals surface area (Å²) in [5.74, 6) is -19.6. The Labute approximate surface area is 622 Å². The smallest absolute Gasteiger partial charge is 0.305 e. The van der Waals surface area contributed by atoms with Crippen LogP contribution in [0.15, 0.2) is 100 Å². The van der Waals surface area contributed by atoms with Crippen molar-refractivity contribution in [2.45, 2.75) is 157 Å². The minimum absolute atomic E-state index is 0.107. The van der Waals surface area contributed by atoms with E-state index in [0.717, 1.165) is 19.1 Å². The fraction of sp³-hybridized carbons (Fsp3) is 0.433. The molecule has 0 bridgehead atoms. The molecule has 4 aromatic rings. The number of unbranched alkanes of at least 4 members (excludes halogenated alkanes) is 1. The summed E-state index contributed by atoms with van der Waals surface area (Å²) in [6.07, 6.45) is -6.33. The van der Waals surface area contributed by atoms with Gasteiger partial charge in [-0.3, -0.25) is 86.2 Å². The predicted molar refractivity (Wildman–Crippen MR) is 382 cm³/mol. The first-order valence-electron chi connectivity index (χ1n) is 33.6. The number of hydrogen-bond acceptors (Lipinski definition) is 25. The van der Waals surface area contributed by atoms with Crippen molar-refractivity contribution in [3.05, 3.63) is 90.5 Å². The van der Waals surface area contributed by atoms with Crippen LogP contribution in [0.25, 0.3) is 10.8 Å². The number of nitrogens with two attached hydrogens (primary N) is 2. The summed E-state index contributed by atoms with van der Waals surface area (Å²) < 4.78 is 35.3. The van der Waals surface area contributed by atoms with E-state index in [1.54, 1.807) is 48.3 Å². The minimum Gasteiger partial charge on any atom is -0.481 e. The molecule has 0 saturated carbocycles. The number of benzene rings is 4. The van der Waals surface area contributed by atoms with Gasteiger partial charge in [0, 0.05) is 55.3 Å². The maximum absolute atomic E-state index is 15.0. The van der Waals surface area contributed by atoms with Crippen LogP contribution in [0.5, 0.6) is 0 Å². The van der Waals surface area contributed by atoms with Crippen LogP contribution in [0.1, 0.15) is 108 Å². The van der Waals surface area contributed by atoms with E-state index in [4.69, 9.17) is 11.5 Å². The van der Waals surface area contributed by atoms with Gasteiger partial charge in [0.1, 0.15) is 53.2 Å². The second-order valence-electron chi connectivity index (χ2n) is 24.6. The Hall–Kier alpha value is -12.0. The van der Waals surface area contributed by atoms with Crippen molar-refractivity contribution in [2.75, 3.05) is 43.2 Å². The molecule has 42 heteroatoms. The molecule has 0 aliphatic heterocycles. The van der Waals surface area contributed by atoms with Crippen molar-refractivity contribution in [1.29, 1.82) is 0 Å². The molecule has 41 nitrogen and oxygen atoms in total. The number of likely N-dealkylation sites (N-methyl/N-ethyl adjacent to an activating group) is 1. The maximum Gasteiger partial charge on any atom is 0.305 e.